The molecular formula is C25H37N7O. The fourth-order valence-electron chi connectivity index (χ4n) is 5.19. The van der Waals surface area contributed by atoms with Gasteiger partial charge in [-0.1, -0.05) is 6.92 Å². The van der Waals surface area contributed by atoms with E-state index in [4.69, 9.17) is 4.98 Å². The van der Waals surface area contributed by atoms with Gasteiger partial charge in [-0.05, 0) is 52.4 Å². The Labute approximate surface area is 196 Å². The van der Waals surface area contributed by atoms with E-state index >= 15 is 0 Å². The number of anilines is 2. The number of aromatic nitrogens is 4. The van der Waals surface area contributed by atoms with Gasteiger partial charge in [0.25, 0.3) is 0 Å². The van der Waals surface area contributed by atoms with Gasteiger partial charge in [-0.3, -0.25) is 4.79 Å². The second kappa shape index (κ2) is 8.70. The molecule has 1 saturated carbocycles. The van der Waals surface area contributed by atoms with Gasteiger partial charge in [0.05, 0.1) is 5.69 Å². The van der Waals surface area contributed by atoms with E-state index in [2.05, 4.69) is 64.0 Å². The summed E-state index contributed by atoms with van der Waals surface area (Å²) in [6.07, 6.45) is 9.07. The fourth-order valence-corrected chi connectivity index (χ4v) is 5.19. The van der Waals surface area contributed by atoms with Crippen molar-refractivity contribution in [3.63, 3.8) is 0 Å². The highest BCUT2D eigenvalue weighted by molar-refractivity contribution is 5.94. The fraction of sp³-hybridized carbons (Fsp3) is 0.680. The molecule has 0 radical (unpaired) electrons. The van der Waals surface area contributed by atoms with Crippen LogP contribution in [0.5, 0.6) is 0 Å². The zero-order valence-corrected chi connectivity index (χ0v) is 20.4. The van der Waals surface area contributed by atoms with Crippen molar-refractivity contribution in [1.82, 2.24) is 24.8 Å². The van der Waals surface area contributed by atoms with Gasteiger partial charge in [0, 0.05) is 61.7 Å². The summed E-state index contributed by atoms with van der Waals surface area (Å²) >= 11 is 0. The van der Waals surface area contributed by atoms with Gasteiger partial charge in [-0.2, -0.15) is 0 Å². The van der Waals surface area contributed by atoms with E-state index in [1.54, 1.807) is 6.33 Å². The van der Waals surface area contributed by atoms with Crippen LogP contribution in [0.3, 0.4) is 0 Å². The Morgan fingerprint density at radius 2 is 1.88 bits per heavy atom. The van der Waals surface area contributed by atoms with Crippen LogP contribution in [0.4, 0.5) is 11.6 Å². The quantitative estimate of drug-likeness (QED) is 0.695. The summed E-state index contributed by atoms with van der Waals surface area (Å²) in [7, 11) is 0. The third kappa shape index (κ3) is 4.90. The van der Waals surface area contributed by atoms with E-state index < -0.39 is 0 Å². The van der Waals surface area contributed by atoms with Gasteiger partial charge in [0.2, 0.25) is 5.91 Å². The molecule has 8 nitrogen and oxygen atoms in total. The van der Waals surface area contributed by atoms with Gasteiger partial charge in [0.1, 0.15) is 23.8 Å². The molecule has 178 valence electrons. The van der Waals surface area contributed by atoms with E-state index in [0.29, 0.717) is 24.1 Å². The Bertz CT molecular complexity index is 1010. The molecule has 2 N–H and O–H groups in total. The summed E-state index contributed by atoms with van der Waals surface area (Å²) in [5.41, 5.74) is 2.50. The summed E-state index contributed by atoms with van der Waals surface area (Å²) in [6, 6.07) is 0. The van der Waals surface area contributed by atoms with Crippen LogP contribution in [-0.4, -0.2) is 50.6 Å². The number of hydrogen-bond donors (Lipinski definition) is 2. The minimum absolute atomic E-state index is 0.0395. The van der Waals surface area contributed by atoms with E-state index in [1.807, 2.05) is 0 Å². The number of hydrogen-bond acceptors (Lipinski definition) is 6. The summed E-state index contributed by atoms with van der Waals surface area (Å²) < 4.78 is 2.41. The van der Waals surface area contributed by atoms with Crippen LogP contribution in [0.25, 0.3) is 0 Å². The molecule has 5 rings (SSSR count). The molecule has 0 bridgehead atoms. The number of carbonyl (C=O) groups excluding carboxylic acids is 1. The smallest absolute Gasteiger partial charge is 0.226 e. The van der Waals surface area contributed by atoms with Crippen molar-refractivity contribution >= 4 is 17.5 Å². The van der Waals surface area contributed by atoms with Crippen molar-refractivity contribution < 1.29 is 4.79 Å². The molecule has 2 fully saturated rings. The van der Waals surface area contributed by atoms with Crippen LogP contribution in [0, 0.1) is 0 Å². The number of nitrogens with one attached hydrogen (secondary N) is 2. The maximum atomic E-state index is 11.9. The zero-order valence-electron chi connectivity index (χ0n) is 20.4. The third-order valence-electron chi connectivity index (χ3n) is 7.09. The van der Waals surface area contributed by atoms with Crippen LogP contribution in [0.15, 0.2) is 12.5 Å². The topological polar surface area (TPSA) is 88.0 Å². The van der Waals surface area contributed by atoms with Crippen molar-refractivity contribution in [2.24, 2.45) is 0 Å². The lowest BCUT2D eigenvalue weighted by Gasteiger charge is -2.35. The lowest BCUT2D eigenvalue weighted by Crippen LogP contribution is -2.38. The van der Waals surface area contributed by atoms with E-state index in [0.717, 1.165) is 50.4 Å². The van der Waals surface area contributed by atoms with Gasteiger partial charge in [0.15, 0.2) is 0 Å². The number of fused-ring (bicyclic) bond motifs is 1. The van der Waals surface area contributed by atoms with Crippen molar-refractivity contribution in [3.05, 3.63) is 29.6 Å². The second-order valence-corrected chi connectivity index (χ2v) is 11.0. The predicted octanol–water partition coefficient (Wildman–Crippen LogP) is 3.77. The number of imidazole rings is 1. The highest BCUT2D eigenvalue weighted by Crippen LogP contribution is 2.41. The minimum Gasteiger partial charge on any atom is -0.356 e. The molecule has 4 heterocycles. The molecule has 1 amide bonds. The van der Waals surface area contributed by atoms with Crippen molar-refractivity contribution in [2.75, 3.05) is 29.9 Å². The zero-order chi connectivity index (χ0) is 23.2. The monoisotopic (exact) mass is 451 g/mol. The van der Waals surface area contributed by atoms with Gasteiger partial charge in [-0.25, -0.2) is 15.0 Å². The Balaban J connectivity index is 1.30. The molecule has 0 spiro atoms. The molecule has 2 aromatic heterocycles. The molecule has 1 saturated heterocycles. The Hall–Kier alpha value is -2.48. The first-order chi connectivity index (χ1) is 15.8. The van der Waals surface area contributed by atoms with Crippen molar-refractivity contribution in [2.45, 2.75) is 89.6 Å². The Morgan fingerprint density at radius 1 is 1.12 bits per heavy atom. The first-order valence-corrected chi connectivity index (χ1v) is 12.5. The average Bonchev–Trinajstić information content (AvgIpc) is 3.53. The molecule has 1 atom stereocenters. The van der Waals surface area contributed by atoms with Crippen LogP contribution in [0.1, 0.15) is 94.6 Å². The normalized spacial score (nSPS) is 21.8. The van der Waals surface area contributed by atoms with Gasteiger partial charge in [-0.15, -0.1) is 0 Å². The van der Waals surface area contributed by atoms with Crippen molar-refractivity contribution in [3.8, 4) is 0 Å². The number of carbonyl (C=O) groups is 1. The largest absolute Gasteiger partial charge is 0.356 e. The molecule has 1 aliphatic carbocycles. The first-order valence-electron chi connectivity index (χ1n) is 12.5. The molecule has 2 aliphatic heterocycles. The molecule has 3 aliphatic rings. The molecular weight excluding hydrogens is 414 g/mol. The standard InChI is InChI=1S/C25H37N7O/c1-16-13-20(33)30-22-21(16)24(27-15-26-22)31-10-7-18(8-11-31)23-29-19(17-5-6-17)14-32(23)12-9-28-25(2,3)4/h14-18,28H,5-13H2,1-4H3,(H,26,27,30,33). The molecule has 0 aromatic carbocycles. The summed E-state index contributed by atoms with van der Waals surface area (Å²) in [5, 5.41) is 6.54. The first kappa shape index (κ1) is 22.3. The SMILES string of the molecule is CC1CC(=O)Nc2ncnc(N3CCC(c4nc(C5CC5)cn4CCNC(C)(C)C)CC3)c21. The number of piperidine rings is 1. The third-order valence-corrected chi connectivity index (χ3v) is 7.09. The molecule has 2 aromatic rings. The molecule has 8 heteroatoms. The summed E-state index contributed by atoms with van der Waals surface area (Å²) in [6.45, 7) is 12.5. The van der Waals surface area contributed by atoms with E-state index in [-0.39, 0.29) is 17.4 Å². The van der Waals surface area contributed by atoms with Crippen LogP contribution >= 0.6 is 0 Å². The maximum Gasteiger partial charge on any atom is 0.226 e. The number of amides is 1. The van der Waals surface area contributed by atoms with Crippen LogP contribution < -0.4 is 15.5 Å². The molecule has 33 heavy (non-hydrogen) atoms. The van der Waals surface area contributed by atoms with E-state index in [1.165, 1.54) is 24.4 Å². The highest BCUT2D eigenvalue weighted by Gasteiger charge is 2.33. The van der Waals surface area contributed by atoms with Crippen molar-refractivity contribution in [1.29, 1.82) is 0 Å². The minimum atomic E-state index is 0.0395. The number of rotatable bonds is 6. The lowest BCUT2D eigenvalue weighted by molar-refractivity contribution is -0.116. The highest BCUT2D eigenvalue weighted by atomic mass is 16.1. The Kier molecular flexibility index (Phi) is 5.89. The van der Waals surface area contributed by atoms with Gasteiger partial charge >= 0.3 is 0 Å². The van der Waals surface area contributed by atoms with Gasteiger partial charge < -0.3 is 20.1 Å². The Morgan fingerprint density at radius 3 is 2.58 bits per heavy atom. The number of nitrogens with zero attached hydrogens (tertiary/aromatic N) is 5. The average molecular weight is 452 g/mol. The van der Waals surface area contributed by atoms with E-state index in [9.17, 15) is 4.79 Å². The summed E-state index contributed by atoms with van der Waals surface area (Å²) in [5.74, 6) is 4.25. The summed E-state index contributed by atoms with van der Waals surface area (Å²) in [4.78, 5) is 28.4. The van der Waals surface area contributed by atoms with Crippen LogP contribution in [-0.2, 0) is 11.3 Å². The molecule has 1 unspecified atom stereocenters. The van der Waals surface area contributed by atoms with Crippen LogP contribution in [0.2, 0.25) is 0 Å². The predicted molar refractivity (Wildman–Crippen MR) is 130 cm³/mol. The second-order valence-electron chi connectivity index (χ2n) is 11.0. The lowest BCUT2D eigenvalue weighted by atomic mass is 9.92. The maximum absolute atomic E-state index is 11.9.